The molecule has 0 saturated heterocycles. The monoisotopic (exact) mass is 349 g/mol. The van der Waals surface area contributed by atoms with Crippen LogP contribution in [0.1, 0.15) is 25.5 Å². The summed E-state index contributed by atoms with van der Waals surface area (Å²) < 4.78 is 7.17. The number of nitrogens with one attached hydrogen (secondary N) is 2. The highest BCUT2D eigenvalue weighted by Crippen LogP contribution is 2.33. The van der Waals surface area contributed by atoms with Gasteiger partial charge < -0.3 is 10.1 Å². The summed E-state index contributed by atoms with van der Waals surface area (Å²) in [6, 6.07) is 12.2. The molecule has 2 N–H and O–H groups in total. The van der Waals surface area contributed by atoms with Crippen LogP contribution in [0, 0.1) is 5.41 Å². The van der Waals surface area contributed by atoms with Crippen molar-refractivity contribution in [2.24, 2.45) is 4.99 Å². The van der Waals surface area contributed by atoms with Gasteiger partial charge in [-0.25, -0.2) is 9.67 Å². The van der Waals surface area contributed by atoms with Crippen molar-refractivity contribution >= 4 is 29.1 Å². The molecule has 0 aliphatic heterocycles. The van der Waals surface area contributed by atoms with Crippen LogP contribution in [0.2, 0.25) is 0 Å². The maximum Gasteiger partial charge on any atom is 0.157 e. The lowest BCUT2D eigenvalue weighted by Gasteiger charge is -2.11. The van der Waals surface area contributed by atoms with Gasteiger partial charge in [0.05, 0.1) is 12.7 Å². The Labute approximate surface area is 153 Å². The van der Waals surface area contributed by atoms with Crippen molar-refractivity contribution < 1.29 is 4.74 Å². The predicted octanol–water partition coefficient (Wildman–Crippen LogP) is 4.36. The molecule has 0 fully saturated rings. The summed E-state index contributed by atoms with van der Waals surface area (Å²) in [4.78, 5) is 3.83. The Morgan fingerprint density at radius 2 is 1.92 bits per heavy atom. The highest BCUT2D eigenvalue weighted by atomic mass is 16.5. The number of fused-ring (bicyclic) bond motifs is 1. The van der Waals surface area contributed by atoms with Crippen LogP contribution < -0.4 is 10.1 Å². The molecule has 3 aromatic rings. The van der Waals surface area contributed by atoms with Crippen molar-refractivity contribution in [3.8, 4) is 17.0 Å². The van der Waals surface area contributed by atoms with E-state index in [2.05, 4.69) is 36.9 Å². The molecule has 0 radical (unpaired) electrons. The third kappa shape index (κ3) is 2.94. The van der Waals surface area contributed by atoms with Gasteiger partial charge in [0.2, 0.25) is 0 Å². The van der Waals surface area contributed by atoms with Gasteiger partial charge in [0, 0.05) is 18.7 Å². The zero-order chi connectivity index (χ0) is 18.8. The zero-order valence-electron chi connectivity index (χ0n) is 15.5. The number of ether oxygens (including phenoxy) is 1. The summed E-state index contributed by atoms with van der Waals surface area (Å²) in [6.07, 6.45) is 0. The molecule has 6 heteroatoms. The molecule has 2 aromatic carbocycles. The van der Waals surface area contributed by atoms with Crippen LogP contribution >= 0.6 is 0 Å². The predicted molar refractivity (Wildman–Crippen MR) is 108 cm³/mol. The van der Waals surface area contributed by atoms with E-state index in [-0.39, 0.29) is 11.9 Å². The first kappa shape index (κ1) is 17.7. The number of rotatable bonds is 5. The molecule has 0 atom stereocenters. The number of methoxy groups -OCH3 is 1. The SMILES string of the molecule is C=NC(=N)c1c(-c2ccc3cc(OC)ccc3c2)nn(C(C)C)c1NC. The van der Waals surface area contributed by atoms with E-state index in [4.69, 9.17) is 15.2 Å². The average Bonchev–Trinajstić information content (AvgIpc) is 3.06. The first-order valence-electron chi connectivity index (χ1n) is 8.44. The van der Waals surface area contributed by atoms with Crippen LogP contribution in [-0.4, -0.2) is 36.5 Å². The lowest BCUT2D eigenvalue weighted by molar-refractivity contribution is 0.415. The fraction of sp³-hybridized carbons (Fsp3) is 0.250. The van der Waals surface area contributed by atoms with Gasteiger partial charge in [-0.1, -0.05) is 18.2 Å². The van der Waals surface area contributed by atoms with Gasteiger partial charge in [0.1, 0.15) is 17.3 Å². The summed E-state index contributed by atoms with van der Waals surface area (Å²) >= 11 is 0. The second-order valence-corrected chi connectivity index (χ2v) is 6.30. The minimum absolute atomic E-state index is 0.103. The minimum atomic E-state index is 0.103. The Balaban J connectivity index is 2.23. The number of amidine groups is 1. The van der Waals surface area contributed by atoms with Crippen LogP contribution in [0.25, 0.3) is 22.0 Å². The van der Waals surface area contributed by atoms with Crippen LogP contribution in [0.4, 0.5) is 5.82 Å². The van der Waals surface area contributed by atoms with Crippen molar-refractivity contribution in [1.29, 1.82) is 5.41 Å². The molecule has 0 bridgehead atoms. The molecule has 26 heavy (non-hydrogen) atoms. The summed E-state index contributed by atoms with van der Waals surface area (Å²) in [7, 11) is 3.49. The molecule has 0 unspecified atom stereocenters. The number of anilines is 1. The average molecular weight is 349 g/mol. The van der Waals surface area contributed by atoms with Gasteiger partial charge in [-0.05, 0) is 49.5 Å². The normalized spacial score (nSPS) is 11.0. The molecule has 1 aromatic heterocycles. The molecule has 134 valence electrons. The van der Waals surface area contributed by atoms with E-state index in [0.29, 0.717) is 5.56 Å². The van der Waals surface area contributed by atoms with Gasteiger partial charge in [0.15, 0.2) is 5.84 Å². The van der Waals surface area contributed by atoms with Crippen molar-refractivity contribution in [2.75, 3.05) is 19.5 Å². The lowest BCUT2D eigenvalue weighted by Crippen LogP contribution is -2.09. The van der Waals surface area contributed by atoms with Gasteiger partial charge in [-0.2, -0.15) is 5.10 Å². The highest BCUT2D eigenvalue weighted by Gasteiger charge is 2.23. The van der Waals surface area contributed by atoms with Crippen LogP contribution in [0.3, 0.4) is 0 Å². The first-order valence-corrected chi connectivity index (χ1v) is 8.44. The van der Waals surface area contributed by atoms with E-state index in [1.165, 1.54) is 0 Å². The molecular formula is C20H23N5O. The van der Waals surface area contributed by atoms with E-state index >= 15 is 0 Å². The third-order valence-electron chi connectivity index (χ3n) is 4.35. The van der Waals surface area contributed by atoms with Crippen molar-refractivity contribution in [3.05, 3.63) is 42.0 Å². The van der Waals surface area contributed by atoms with Crippen LogP contribution in [0.15, 0.2) is 41.4 Å². The second-order valence-electron chi connectivity index (χ2n) is 6.30. The summed E-state index contributed by atoms with van der Waals surface area (Å²) in [5, 5.41) is 18.3. The third-order valence-corrected chi connectivity index (χ3v) is 4.35. The molecule has 6 nitrogen and oxygen atoms in total. The zero-order valence-corrected chi connectivity index (χ0v) is 15.5. The van der Waals surface area contributed by atoms with E-state index in [0.717, 1.165) is 33.6 Å². The number of hydrogen-bond donors (Lipinski definition) is 2. The van der Waals surface area contributed by atoms with Crippen LogP contribution in [-0.2, 0) is 0 Å². The van der Waals surface area contributed by atoms with Crippen molar-refractivity contribution in [1.82, 2.24) is 9.78 Å². The number of hydrogen-bond acceptors (Lipinski definition) is 4. The fourth-order valence-electron chi connectivity index (χ4n) is 3.05. The first-order chi connectivity index (χ1) is 12.5. The minimum Gasteiger partial charge on any atom is -0.497 e. The Bertz CT molecular complexity index is 987. The molecular weight excluding hydrogens is 326 g/mol. The molecule has 1 heterocycles. The molecule has 3 rings (SSSR count). The van der Waals surface area contributed by atoms with E-state index in [9.17, 15) is 0 Å². The summed E-state index contributed by atoms with van der Waals surface area (Å²) in [5.74, 6) is 1.69. The van der Waals surface area contributed by atoms with Crippen LogP contribution in [0.5, 0.6) is 5.75 Å². The van der Waals surface area contributed by atoms with Gasteiger partial charge in [-0.3, -0.25) is 5.41 Å². The maximum absolute atomic E-state index is 8.24. The summed E-state index contributed by atoms with van der Waals surface area (Å²) in [5.41, 5.74) is 2.31. The topological polar surface area (TPSA) is 75.3 Å². The number of aromatic nitrogens is 2. The number of benzene rings is 2. The summed E-state index contributed by atoms with van der Waals surface area (Å²) in [6.45, 7) is 7.63. The van der Waals surface area contributed by atoms with E-state index in [1.807, 2.05) is 42.1 Å². The van der Waals surface area contributed by atoms with E-state index < -0.39 is 0 Å². The molecule has 0 spiro atoms. The number of aliphatic imine (C=N–C) groups is 1. The smallest absolute Gasteiger partial charge is 0.157 e. The van der Waals surface area contributed by atoms with Gasteiger partial charge in [-0.15, -0.1) is 0 Å². The van der Waals surface area contributed by atoms with E-state index in [1.54, 1.807) is 7.11 Å². The Morgan fingerprint density at radius 1 is 1.23 bits per heavy atom. The van der Waals surface area contributed by atoms with Gasteiger partial charge in [0.25, 0.3) is 0 Å². The molecule has 0 aliphatic rings. The Hall–Kier alpha value is -3.15. The molecule has 0 saturated carbocycles. The van der Waals surface area contributed by atoms with Gasteiger partial charge >= 0.3 is 0 Å². The molecule has 0 aliphatic carbocycles. The maximum atomic E-state index is 8.24. The second kappa shape index (κ2) is 7.00. The lowest BCUT2D eigenvalue weighted by atomic mass is 10.0. The highest BCUT2D eigenvalue weighted by molar-refractivity contribution is 6.08. The standard InChI is InChI=1S/C20H23N5O/c1-12(2)25-20(23-4)17(19(21)22-3)18(24-25)15-7-6-14-11-16(26-5)9-8-13(14)10-15/h6-12,21,23H,3H2,1-2,4-5H3. The Kier molecular flexibility index (Phi) is 4.75. The Morgan fingerprint density at radius 3 is 2.54 bits per heavy atom. The molecule has 0 amide bonds. The largest absolute Gasteiger partial charge is 0.497 e. The number of nitrogens with zero attached hydrogens (tertiary/aromatic N) is 3. The van der Waals surface area contributed by atoms with Crippen molar-refractivity contribution in [2.45, 2.75) is 19.9 Å². The quantitative estimate of drug-likeness (QED) is 0.531. The fourth-order valence-corrected chi connectivity index (χ4v) is 3.05. The van der Waals surface area contributed by atoms with Crippen molar-refractivity contribution in [3.63, 3.8) is 0 Å².